The van der Waals surface area contributed by atoms with Gasteiger partial charge in [0.05, 0.1) is 0 Å². The van der Waals surface area contributed by atoms with Gasteiger partial charge < -0.3 is 20.9 Å². The van der Waals surface area contributed by atoms with Gasteiger partial charge in [-0.05, 0) is 19.4 Å². The Balaban J connectivity index is 2.99. The lowest BCUT2D eigenvalue weighted by Crippen LogP contribution is -2.24. The molecule has 0 fully saturated rings. The molecule has 0 saturated carbocycles. The Kier molecular flexibility index (Phi) is 8.46. The Labute approximate surface area is 88.8 Å². The molecule has 0 spiro atoms. The maximum atomic E-state index is 10.2. The lowest BCUT2D eigenvalue weighted by atomic mass is 10.2. The molecule has 0 rings (SSSR count). The lowest BCUT2D eigenvalue weighted by molar-refractivity contribution is -0.137. The Morgan fingerprint density at radius 3 is 2.53 bits per heavy atom. The van der Waals surface area contributed by atoms with Crippen molar-refractivity contribution in [1.29, 1.82) is 0 Å². The molecule has 6 nitrogen and oxygen atoms in total. The van der Waals surface area contributed by atoms with Crippen molar-refractivity contribution in [2.75, 3.05) is 19.7 Å². The fraction of sp³-hybridized carbons (Fsp3) is 0.778. The zero-order valence-corrected chi connectivity index (χ0v) is 8.70. The number of amides is 1. The average Bonchev–Trinajstić information content (AvgIpc) is 2.14. The molecule has 6 heteroatoms. The first-order valence-corrected chi connectivity index (χ1v) is 4.97. The topological polar surface area (TPSA) is 102 Å². The maximum Gasteiger partial charge on any atom is 0.404 e. The van der Waals surface area contributed by atoms with Crippen molar-refractivity contribution in [3.05, 3.63) is 0 Å². The summed E-state index contributed by atoms with van der Waals surface area (Å²) >= 11 is 0. The number of aliphatic carboxylic acids is 1. The van der Waals surface area contributed by atoms with Gasteiger partial charge in [0.2, 0.25) is 0 Å². The quantitative estimate of drug-likeness (QED) is 0.484. The van der Waals surface area contributed by atoms with Crippen LogP contribution >= 0.6 is 0 Å². The van der Waals surface area contributed by atoms with Gasteiger partial charge in [-0.3, -0.25) is 4.79 Å². The van der Waals surface area contributed by atoms with Crippen LogP contribution in [0, 0.1) is 0 Å². The average molecular weight is 218 g/mol. The molecule has 0 aromatic heterocycles. The van der Waals surface area contributed by atoms with Crippen LogP contribution in [-0.4, -0.2) is 36.9 Å². The first kappa shape index (κ1) is 13.7. The molecule has 0 aliphatic carbocycles. The SMILES string of the molecule is NC(=O)OCCNCCCCCC(=O)O. The van der Waals surface area contributed by atoms with Gasteiger partial charge in [-0.25, -0.2) is 4.79 Å². The number of nitrogens with two attached hydrogens (primary N) is 1. The molecule has 15 heavy (non-hydrogen) atoms. The van der Waals surface area contributed by atoms with Crippen LogP contribution in [0.4, 0.5) is 4.79 Å². The van der Waals surface area contributed by atoms with E-state index in [9.17, 15) is 9.59 Å². The molecule has 4 N–H and O–H groups in total. The standard InChI is InChI=1S/C9H18N2O4/c10-9(14)15-7-6-11-5-3-1-2-4-8(12)13/h11H,1-7H2,(H2,10,14)(H,12,13). The number of carbonyl (C=O) groups excluding carboxylic acids is 1. The fourth-order valence-electron chi connectivity index (χ4n) is 1.05. The van der Waals surface area contributed by atoms with E-state index in [1.165, 1.54) is 0 Å². The van der Waals surface area contributed by atoms with E-state index in [2.05, 4.69) is 10.1 Å². The normalized spacial score (nSPS) is 9.87. The van der Waals surface area contributed by atoms with Crippen molar-refractivity contribution in [1.82, 2.24) is 5.32 Å². The summed E-state index contributed by atoms with van der Waals surface area (Å²) in [5.74, 6) is -0.752. The molecule has 0 atom stereocenters. The van der Waals surface area contributed by atoms with Crippen molar-refractivity contribution in [3.63, 3.8) is 0 Å². The summed E-state index contributed by atoms with van der Waals surface area (Å²) in [6.45, 7) is 1.63. The second-order valence-corrected chi connectivity index (χ2v) is 3.12. The molecule has 88 valence electrons. The van der Waals surface area contributed by atoms with Crippen LogP contribution in [0.5, 0.6) is 0 Å². The van der Waals surface area contributed by atoms with Crippen LogP contribution < -0.4 is 11.1 Å². The summed E-state index contributed by atoms with van der Waals surface area (Å²) in [4.78, 5) is 20.3. The zero-order valence-electron chi connectivity index (χ0n) is 8.70. The van der Waals surface area contributed by atoms with Crippen LogP contribution in [-0.2, 0) is 9.53 Å². The fourth-order valence-corrected chi connectivity index (χ4v) is 1.05. The molecular weight excluding hydrogens is 200 g/mol. The Hall–Kier alpha value is -1.30. The number of nitrogens with one attached hydrogen (secondary N) is 1. The summed E-state index contributed by atoms with van der Waals surface area (Å²) in [5, 5.41) is 11.4. The highest BCUT2D eigenvalue weighted by Gasteiger charge is 1.96. The van der Waals surface area contributed by atoms with E-state index in [0.29, 0.717) is 13.0 Å². The van der Waals surface area contributed by atoms with Gasteiger partial charge >= 0.3 is 12.1 Å². The molecule has 0 bridgehead atoms. The van der Waals surface area contributed by atoms with E-state index in [1.807, 2.05) is 0 Å². The molecule has 0 heterocycles. The molecule has 0 saturated heterocycles. The number of hydrogen-bond acceptors (Lipinski definition) is 4. The molecule has 0 radical (unpaired) electrons. The van der Waals surface area contributed by atoms with Crippen LogP contribution in [0.1, 0.15) is 25.7 Å². The van der Waals surface area contributed by atoms with E-state index in [-0.39, 0.29) is 13.0 Å². The van der Waals surface area contributed by atoms with Gasteiger partial charge in [-0.2, -0.15) is 0 Å². The van der Waals surface area contributed by atoms with Crippen molar-refractivity contribution in [2.45, 2.75) is 25.7 Å². The van der Waals surface area contributed by atoms with Crippen LogP contribution in [0.15, 0.2) is 0 Å². The molecule has 0 aliphatic heterocycles. The summed E-state index contributed by atoms with van der Waals surface area (Å²) in [6.07, 6.45) is 1.97. The van der Waals surface area contributed by atoms with Crippen molar-refractivity contribution >= 4 is 12.1 Å². The van der Waals surface area contributed by atoms with Gasteiger partial charge in [0.15, 0.2) is 0 Å². The predicted molar refractivity (Wildman–Crippen MR) is 54.5 cm³/mol. The van der Waals surface area contributed by atoms with E-state index in [0.717, 1.165) is 19.4 Å². The van der Waals surface area contributed by atoms with E-state index in [1.54, 1.807) is 0 Å². The summed E-state index contributed by atoms with van der Waals surface area (Å²) in [6, 6.07) is 0. The van der Waals surface area contributed by atoms with E-state index < -0.39 is 12.1 Å². The molecule has 0 aromatic carbocycles. The zero-order chi connectivity index (χ0) is 11.5. The molecule has 1 amide bonds. The minimum atomic E-state index is -0.766. The number of primary amides is 1. The number of unbranched alkanes of at least 4 members (excludes halogenated alkanes) is 2. The van der Waals surface area contributed by atoms with Gasteiger partial charge in [-0.15, -0.1) is 0 Å². The number of carbonyl (C=O) groups is 2. The molecule has 0 unspecified atom stereocenters. The van der Waals surface area contributed by atoms with Crippen molar-refractivity contribution in [2.24, 2.45) is 5.73 Å². The highest BCUT2D eigenvalue weighted by Crippen LogP contribution is 1.98. The summed E-state index contributed by atoms with van der Waals surface area (Å²) in [7, 11) is 0. The van der Waals surface area contributed by atoms with Gasteiger partial charge in [0.1, 0.15) is 6.61 Å². The number of ether oxygens (including phenoxy) is 1. The van der Waals surface area contributed by atoms with Crippen molar-refractivity contribution in [3.8, 4) is 0 Å². The second kappa shape index (κ2) is 9.26. The first-order valence-electron chi connectivity index (χ1n) is 4.97. The van der Waals surface area contributed by atoms with Gasteiger partial charge in [0, 0.05) is 13.0 Å². The summed E-state index contributed by atoms with van der Waals surface area (Å²) < 4.78 is 4.50. The monoisotopic (exact) mass is 218 g/mol. The summed E-state index contributed by atoms with van der Waals surface area (Å²) in [5.41, 5.74) is 4.76. The Morgan fingerprint density at radius 1 is 1.20 bits per heavy atom. The number of carboxylic acid groups (broad SMARTS) is 1. The third-order valence-corrected chi connectivity index (χ3v) is 1.77. The van der Waals surface area contributed by atoms with Crippen LogP contribution in [0.25, 0.3) is 0 Å². The first-order chi connectivity index (χ1) is 7.13. The number of carboxylic acids is 1. The second-order valence-electron chi connectivity index (χ2n) is 3.12. The number of rotatable bonds is 9. The van der Waals surface area contributed by atoms with Crippen molar-refractivity contribution < 1.29 is 19.4 Å². The highest BCUT2D eigenvalue weighted by atomic mass is 16.5. The maximum absolute atomic E-state index is 10.2. The van der Waals surface area contributed by atoms with Gasteiger partial charge in [-0.1, -0.05) is 6.42 Å². The third-order valence-electron chi connectivity index (χ3n) is 1.77. The predicted octanol–water partition coefficient (Wildman–Crippen LogP) is 0.316. The Morgan fingerprint density at radius 2 is 1.93 bits per heavy atom. The van der Waals surface area contributed by atoms with Crippen LogP contribution in [0.3, 0.4) is 0 Å². The molecule has 0 aromatic rings. The molecule has 0 aliphatic rings. The third kappa shape index (κ3) is 12.7. The Bertz CT molecular complexity index is 177. The van der Waals surface area contributed by atoms with E-state index in [4.69, 9.17) is 10.8 Å². The van der Waals surface area contributed by atoms with Crippen LogP contribution in [0.2, 0.25) is 0 Å². The highest BCUT2D eigenvalue weighted by molar-refractivity contribution is 5.66. The van der Waals surface area contributed by atoms with E-state index >= 15 is 0 Å². The minimum Gasteiger partial charge on any atom is -0.481 e. The smallest absolute Gasteiger partial charge is 0.404 e. The lowest BCUT2D eigenvalue weighted by Gasteiger charge is -2.04. The minimum absolute atomic E-state index is 0.227. The largest absolute Gasteiger partial charge is 0.481 e. The molecular formula is C9H18N2O4. The number of hydrogen-bond donors (Lipinski definition) is 3. The van der Waals surface area contributed by atoms with Gasteiger partial charge in [0.25, 0.3) is 0 Å².